The van der Waals surface area contributed by atoms with Crippen LogP contribution in [0.1, 0.15) is 38.2 Å². The Morgan fingerprint density at radius 2 is 1.89 bits per heavy atom. The summed E-state index contributed by atoms with van der Waals surface area (Å²) in [5.74, 6) is 0.257. The zero-order valence-electron chi connectivity index (χ0n) is 12.3. The largest absolute Gasteiger partial charge is 0.306 e. The normalized spacial score (nSPS) is 12.3. The Hall–Kier alpha value is -1.33. The lowest BCUT2D eigenvalue weighted by Crippen LogP contribution is -2.22. The average molecular weight is 258 g/mol. The van der Waals surface area contributed by atoms with Crippen LogP contribution in [-0.4, -0.2) is 25.0 Å². The maximum Gasteiger partial charge on any atom is 0.0655 e. The van der Waals surface area contributed by atoms with Crippen molar-refractivity contribution in [2.45, 2.75) is 39.0 Å². The molecule has 1 unspecified atom stereocenters. The fraction of sp³-hybridized carbons (Fsp3) is 0.588. The van der Waals surface area contributed by atoms with Crippen LogP contribution < -0.4 is 0 Å². The van der Waals surface area contributed by atoms with E-state index in [0.29, 0.717) is 0 Å². The number of rotatable bonds is 9. The SMILES string of the molecule is CCCC(C#N)CCCN(C)CCc1ccccc1. The molecule has 0 N–H and O–H groups in total. The average Bonchev–Trinajstić information content (AvgIpc) is 2.45. The van der Waals surface area contributed by atoms with Gasteiger partial charge in [-0.15, -0.1) is 0 Å². The minimum atomic E-state index is 0.257. The van der Waals surface area contributed by atoms with Gasteiger partial charge < -0.3 is 4.90 Å². The summed E-state index contributed by atoms with van der Waals surface area (Å²) in [6, 6.07) is 13.0. The van der Waals surface area contributed by atoms with Crippen molar-refractivity contribution >= 4 is 0 Å². The van der Waals surface area contributed by atoms with E-state index >= 15 is 0 Å². The van der Waals surface area contributed by atoms with Crippen LogP contribution in [0.5, 0.6) is 0 Å². The van der Waals surface area contributed by atoms with Crippen molar-refractivity contribution in [1.82, 2.24) is 4.90 Å². The fourth-order valence-corrected chi connectivity index (χ4v) is 2.31. The third-order valence-corrected chi connectivity index (χ3v) is 3.54. The van der Waals surface area contributed by atoms with Gasteiger partial charge in [0.1, 0.15) is 0 Å². The first kappa shape index (κ1) is 15.7. The van der Waals surface area contributed by atoms with E-state index in [0.717, 1.165) is 45.2 Å². The Morgan fingerprint density at radius 3 is 2.53 bits per heavy atom. The Kier molecular flexibility index (Phi) is 7.93. The highest BCUT2D eigenvalue weighted by atomic mass is 15.1. The van der Waals surface area contributed by atoms with E-state index < -0.39 is 0 Å². The van der Waals surface area contributed by atoms with Crippen LogP contribution in [0, 0.1) is 17.2 Å². The molecule has 0 bridgehead atoms. The van der Waals surface area contributed by atoms with Gasteiger partial charge >= 0.3 is 0 Å². The van der Waals surface area contributed by atoms with Gasteiger partial charge in [0.15, 0.2) is 0 Å². The molecule has 0 fully saturated rings. The minimum Gasteiger partial charge on any atom is -0.306 e. The first-order chi connectivity index (χ1) is 9.26. The van der Waals surface area contributed by atoms with E-state index in [4.69, 9.17) is 5.26 Å². The molecule has 19 heavy (non-hydrogen) atoms. The lowest BCUT2D eigenvalue weighted by molar-refractivity contribution is 0.321. The van der Waals surface area contributed by atoms with Gasteiger partial charge in [0, 0.05) is 12.5 Å². The van der Waals surface area contributed by atoms with E-state index in [1.54, 1.807) is 0 Å². The molecule has 0 aromatic heterocycles. The highest BCUT2D eigenvalue weighted by molar-refractivity contribution is 5.14. The minimum absolute atomic E-state index is 0.257. The number of likely N-dealkylation sites (N-methyl/N-ethyl adjacent to an activating group) is 1. The Morgan fingerprint density at radius 1 is 1.16 bits per heavy atom. The van der Waals surface area contributed by atoms with Crippen molar-refractivity contribution in [3.8, 4) is 6.07 Å². The van der Waals surface area contributed by atoms with Crippen molar-refractivity contribution in [3.05, 3.63) is 35.9 Å². The second-order valence-corrected chi connectivity index (χ2v) is 5.30. The predicted molar refractivity (Wildman–Crippen MR) is 80.9 cm³/mol. The predicted octanol–water partition coefficient (Wildman–Crippen LogP) is 3.88. The second kappa shape index (κ2) is 9.58. The summed E-state index contributed by atoms with van der Waals surface area (Å²) in [6.07, 6.45) is 5.43. The van der Waals surface area contributed by atoms with Crippen LogP contribution in [0.4, 0.5) is 0 Å². The van der Waals surface area contributed by atoms with Crippen LogP contribution in [0.25, 0.3) is 0 Å². The van der Waals surface area contributed by atoms with Crippen LogP contribution in [0.3, 0.4) is 0 Å². The summed E-state index contributed by atoms with van der Waals surface area (Å²) >= 11 is 0. The van der Waals surface area contributed by atoms with Crippen molar-refractivity contribution < 1.29 is 0 Å². The first-order valence-corrected chi connectivity index (χ1v) is 7.38. The van der Waals surface area contributed by atoms with E-state index in [1.807, 2.05) is 0 Å². The monoisotopic (exact) mass is 258 g/mol. The van der Waals surface area contributed by atoms with E-state index in [9.17, 15) is 0 Å². The number of nitrogens with zero attached hydrogens (tertiary/aromatic N) is 2. The first-order valence-electron chi connectivity index (χ1n) is 7.38. The van der Waals surface area contributed by atoms with E-state index in [2.05, 4.69) is 55.3 Å². The van der Waals surface area contributed by atoms with Crippen LogP contribution in [-0.2, 0) is 6.42 Å². The molecule has 0 aliphatic carbocycles. The number of nitriles is 1. The summed E-state index contributed by atoms with van der Waals surface area (Å²) in [6.45, 7) is 4.33. The Bertz CT molecular complexity index is 367. The molecule has 0 saturated heterocycles. The third kappa shape index (κ3) is 6.98. The molecule has 104 valence electrons. The van der Waals surface area contributed by atoms with Crippen molar-refractivity contribution in [3.63, 3.8) is 0 Å². The van der Waals surface area contributed by atoms with Crippen LogP contribution >= 0.6 is 0 Å². The molecular formula is C17H26N2. The van der Waals surface area contributed by atoms with E-state index in [1.165, 1.54) is 5.56 Å². The lowest BCUT2D eigenvalue weighted by atomic mass is 9.99. The molecule has 0 amide bonds. The molecular weight excluding hydrogens is 232 g/mol. The topological polar surface area (TPSA) is 27.0 Å². The smallest absolute Gasteiger partial charge is 0.0655 e. The molecule has 1 atom stereocenters. The van der Waals surface area contributed by atoms with Crippen molar-refractivity contribution in [1.29, 1.82) is 5.26 Å². The zero-order chi connectivity index (χ0) is 13.9. The van der Waals surface area contributed by atoms with Gasteiger partial charge in [0.05, 0.1) is 6.07 Å². The second-order valence-electron chi connectivity index (χ2n) is 5.30. The quantitative estimate of drug-likeness (QED) is 0.672. The van der Waals surface area contributed by atoms with Gasteiger partial charge in [-0.1, -0.05) is 43.7 Å². The summed E-state index contributed by atoms with van der Waals surface area (Å²) in [5, 5.41) is 9.01. The van der Waals surface area contributed by atoms with Gasteiger partial charge in [-0.3, -0.25) is 0 Å². The van der Waals surface area contributed by atoms with Crippen molar-refractivity contribution in [2.75, 3.05) is 20.1 Å². The molecule has 0 saturated carbocycles. The zero-order valence-corrected chi connectivity index (χ0v) is 12.3. The highest BCUT2D eigenvalue weighted by Gasteiger charge is 2.06. The summed E-state index contributed by atoms with van der Waals surface area (Å²) in [7, 11) is 2.17. The Balaban J connectivity index is 2.14. The van der Waals surface area contributed by atoms with Crippen molar-refractivity contribution in [2.24, 2.45) is 5.92 Å². The maximum atomic E-state index is 9.01. The lowest BCUT2D eigenvalue weighted by Gasteiger charge is -2.17. The van der Waals surface area contributed by atoms with Gasteiger partial charge in [-0.2, -0.15) is 5.26 Å². The molecule has 0 spiro atoms. The van der Waals surface area contributed by atoms with Gasteiger partial charge in [0.25, 0.3) is 0 Å². The number of hydrogen-bond acceptors (Lipinski definition) is 2. The van der Waals surface area contributed by atoms with Gasteiger partial charge in [0.2, 0.25) is 0 Å². The third-order valence-electron chi connectivity index (χ3n) is 3.54. The Labute approximate surface area is 118 Å². The molecule has 0 radical (unpaired) electrons. The molecule has 1 rings (SSSR count). The van der Waals surface area contributed by atoms with Crippen LogP contribution in [0.15, 0.2) is 30.3 Å². The molecule has 0 heterocycles. The summed E-state index contributed by atoms with van der Waals surface area (Å²) < 4.78 is 0. The molecule has 1 aromatic carbocycles. The number of hydrogen-bond donors (Lipinski definition) is 0. The van der Waals surface area contributed by atoms with Crippen LogP contribution in [0.2, 0.25) is 0 Å². The number of benzene rings is 1. The van der Waals surface area contributed by atoms with Gasteiger partial charge in [-0.25, -0.2) is 0 Å². The molecule has 2 nitrogen and oxygen atoms in total. The molecule has 0 aliphatic rings. The fourth-order valence-electron chi connectivity index (χ4n) is 2.31. The highest BCUT2D eigenvalue weighted by Crippen LogP contribution is 2.12. The standard InChI is InChI=1S/C17H26N2/c1-3-8-17(15-18)11-7-13-19(2)14-12-16-9-5-4-6-10-16/h4-6,9-10,17H,3,7-8,11-14H2,1-2H3. The molecule has 2 heteroatoms. The summed E-state index contributed by atoms with van der Waals surface area (Å²) in [5.41, 5.74) is 1.40. The summed E-state index contributed by atoms with van der Waals surface area (Å²) in [4.78, 5) is 2.37. The molecule has 1 aromatic rings. The van der Waals surface area contributed by atoms with E-state index in [-0.39, 0.29) is 5.92 Å². The van der Waals surface area contributed by atoms with Gasteiger partial charge in [-0.05, 0) is 44.8 Å². The molecule has 0 aliphatic heterocycles. The maximum absolute atomic E-state index is 9.01.